The van der Waals surface area contributed by atoms with Crippen molar-refractivity contribution in [1.82, 2.24) is 10.6 Å². The Bertz CT molecular complexity index is 497. The summed E-state index contributed by atoms with van der Waals surface area (Å²) in [6.07, 6.45) is 3.38. The van der Waals surface area contributed by atoms with Crippen molar-refractivity contribution >= 4 is 41.5 Å². The number of unbranched alkanes of at least 4 members (excludes halogenated alkanes) is 2. The third-order valence-corrected chi connectivity index (χ3v) is 2.91. The lowest BCUT2D eigenvalue weighted by molar-refractivity contribution is -0.114. The number of amides is 1. The molecule has 5 nitrogen and oxygen atoms in total. The van der Waals surface area contributed by atoms with E-state index in [2.05, 4.69) is 27.9 Å². The minimum Gasteiger partial charge on any atom is -0.357 e. The van der Waals surface area contributed by atoms with E-state index in [0.717, 1.165) is 32.4 Å². The first kappa shape index (κ1) is 21.6. The van der Waals surface area contributed by atoms with Gasteiger partial charge in [0.1, 0.15) is 12.4 Å². The van der Waals surface area contributed by atoms with E-state index in [0.29, 0.717) is 11.6 Å². The lowest BCUT2D eigenvalue weighted by atomic mass is 10.2. The first-order chi connectivity index (χ1) is 10.7. The van der Waals surface area contributed by atoms with Gasteiger partial charge in [0.25, 0.3) is 0 Å². The number of rotatable bonds is 8. The molecule has 0 aliphatic carbocycles. The van der Waals surface area contributed by atoms with E-state index in [1.807, 2.05) is 6.92 Å². The number of carbonyl (C=O) groups is 1. The third-order valence-electron chi connectivity index (χ3n) is 2.91. The van der Waals surface area contributed by atoms with Gasteiger partial charge in [-0.3, -0.25) is 4.79 Å². The minimum absolute atomic E-state index is 0. The molecule has 0 aliphatic rings. The average Bonchev–Trinajstić information content (AvgIpc) is 2.49. The Morgan fingerprint density at radius 2 is 2.00 bits per heavy atom. The second kappa shape index (κ2) is 13.1. The van der Waals surface area contributed by atoms with Gasteiger partial charge in [-0.25, -0.2) is 9.38 Å². The molecule has 130 valence electrons. The van der Waals surface area contributed by atoms with Gasteiger partial charge in [-0.1, -0.05) is 25.8 Å². The van der Waals surface area contributed by atoms with Crippen molar-refractivity contribution < 1.29 is 9.18 Å². The van der Waals surface area contributed by atoms with Crippen molar-refractivity contribution in [2.75, 3.05) is 25.0 Å². The van der Waals surface area contributed by atoms with Crippen molar-refractivity contribution in [3.05, 3.63) is 30.1 Å². The molecule has 0 atom stereocenters. The largest absolute Gasteiger partial charge is 0.357 e. The number of aliphatic imine (C=N–C) groups is 1. The second-order valence-corrected chi connectivity index (χ2v) is 4.89. The fraction of sp³-hybridized carbons (Fsp3) is 0.500. The quantitative estimate of drug-likeness (QED) is 0.254. The van der Waals surface area contributed by atoms with Crippen LogP contribution in [0.3, 0.4) is 0 Å². The van der Waals surface area contributed by atoms with Gasteiger partial charge in [0, 0.05) is 18.8 Å². The predicted octanol–water partition coefficient (Wildman–Crippen LogP) is 3.13. The maximum absolute atomic E-state index is 13.0. The summed E-state index contributed by atoms with van der Waals surface area (Å²) in [4.78, 5) is 16.0. The van der Waals surface area contributed by atoms with Crippen LogP contribution < -0.4 is 16.0 Å². The third kappa shape index (κ3) is 10.1. The van der Waals surface area contributed by atoms with Crippen LogP contribution in [0, 0.1) is 5.82 Å². The molecule has 1 aromatic carbocycles. The molecule has 0 aromatic heterocycles. The van der Waals surface area contributed by atoms with Crippen LogP contribution in [-0.2, 0) is 4.79 Å². The average molecular weight is 436 g/mol. The number of anilines is 1. The van der Waals surface area contributed by atoms with Crippen LogP contribution in [0.5, 0.6) is 0 Å². The molecule has 0 spiro atoms. The number of carbonyl (C=O) groups excluding carboxylic acids is 1. The van der Waals surface area contributed by atoms with E-state index >= 15 is 0 Å². The summed E-state index contributed by atoms with van der Waals surface area (Å²) in [6.45, 7) is 5.65. The van der Waals surface area contributed by atoms with Crippen LogP contribution in [0.25, 0.3) is 0 Å². The standard InChI is InChI=1S/C16H25FN4O.HI/c1-3-5-6-10-19-16(18-4-2)20-12-15(22)21-14-9-7-8-13(17)11-14;/h7-9,11H,3-6,10,12H2,1-2H3,(H,21,22)(H2,18,19,20);1H. The SMILES string of the molecule is CCCCCNC(=NCC(=O)Nc1cccc(F)c1)NCC.I. The van der Waals surface area contributed by atoms with E-state index < -0.39 is 0 Å². The van der Waals surface area contributed by atoms with E-state index in [1.165, 1.54) is 12.1 Å². The van der Waals surface area contributed by atoms with Gasteiger partial charge in [-0.15, -0.1) is 24.0 Å². The Kier molecular flexibility index (Phi) is 12.3. The highest BCUT2D eigenvalue weighted by Gasteiger charge is 2.03. The zero-order chi connectivity index (χ0) is 16.2. The Balaban J connectivity index is 0.00000484. The molecule has 3 N–H and O–H groups in total. The van der Waals surface area contributed by atoms with E-state index in [4.69, 9.17) is 0 Å². The molecule has 0 radical (unpaired) electrons. The zero-order valence-electron chi connectivity index (χ0n) is 13.7. The number of nitrogens with zero attached hydrogens (tertiary/aromatic N) is 1. The Morgan fingerprint density at radius 3 is 2.65 bits per heavy atom. The van der Waals surface area contributed by atoms with Crippen LogP contribution in [-0.4, -0.2) is 31.5 Å². The van der Waals surface area contributed by atoms with Crippen LogP contribution in [0.4, 0.5) is 10.1 Å². The van der Waals surface area contributed by atoms with Crippen molar-refractivity contribution in [3.8, 4) is 0 Å². The first-order valence-electron chi connectivity index (χ1n) is 7.73. The summed E-state index contributed by atoms with van der Waals surface area (Å²) in [6, 6.07) is 5.79. The Labute approximate surface area is 154 Å². The molecule has 0 aliphatic heterocycles. The first-order valence-corrected chi connectivity index (χ1v) is 7.73. The summed E-state index contributed by atoms with van der Waals surface area (Å²) in [5, 5.41) is 8.88. The summed E-state index contributed by atoms with van der Waals surface area (Å²) < 4.78 is 13.0. The molecular weight excluding hydrogens is 410 g/mol. The summed E-state index contributed by atoms with van der Waals surface area (Å²) in [5.41, 5.74) is 0.432. The lowest BCUT2D eigenvalue weighted by Gasteiger charge is -2.11. The molecule has 1 rings (SSSR count). The minimum atomic E-state index is -0.382. The van der Waals surface area contributed by atoms with Gasteiger partial charge in [-0.05, 0) is 31.5 Å². The molecule has 0 bridgehead atoms. The molecule has 0 fully saturated rings. The molecule has 0 unspecified atom stereocenters. The van der Waals surface area contributed by atoms with Gasteiger partial charge in [0.15, 0.2) is 5.96 Å². The predicted molar refractivity (Wildman–Crippen MR) is 104 cm³/mol. The van der Waals surface area contributed by atoms with Crippen LogP contribution in [0.1, 0.15) is 33.1 Å². The lowest BCUT2D eigenvalue weighted by Crippen LogP contribution is -2.38. The highest BCUT2D eigenvalue weighted by atomic mass is 127. The molecule has 0 saturated heterocycles. The maximum Gasteiger partial charge on any atom is 0.246 e. The number of hydrogen-bond donors (Lipinski definition) is 3. The summed E-state index contributed by atoms with van der Waals surface area (Å²) in [7, 11) is 0. The van der Waals surface area contributed by atoms with Crippen molar-refractivity contribution in [3.63, 3.8) is 0 Å². The van der Waals surface area contributed by atoms with Crippen LogP contribution in [0.15, 0.2) is 29.3 Å². The van der Waals surface area contributed by atoms with Gasteiger partial charge in [0.05, 0.1) is 0 Å². The smallest absolute Gasteiger partial charge is 0.246 e. The molecule has 7 heteroatoms. The number of halogens is 2. The zero-order valence-corrected chi connectivity index (χ0v) is 16.0. The maximum atomic E-state index is 13.0. The van der Waals surface area contributed by atoms with E-state index in [1.54, 1.807) is 12.1 Å². The molecule has 1 aromatic rings. The van der Waals surface area contributed by atoms with Crippen molar-refractivity contribution in [2.45, 2.75) is 33.1 Å². The molecule has 0 saturated carbocycles. The highest BCUT2D eigenvalue weighted by molar-refractivity contribution is 14.0. The molecule has 23 heavy (non-hydrogen) atoms. The summed E-state index contributed by atoms with van der Waals surface area (Å²) >= 11 is 0. The number of benzene rings is 1. The summed E-state index contributed by atoms with van der Waals surface area (Å²) in [5.74, 6) is -0.0448. The Hall–Kier alpha value is -1.38. The Morgan fingerprint density at radius 1 is 1.22 bits per heavy atom. The van der Waals surface area contributed by atoms with Gasteiger partial charge in [0.2, 0.25) is 5.91 Å². The number of hydrogen-bond acceptors (Lipinski definition) is 2. The van der Waals surface area contributed by atoms with E-state index in [9.17, 15) is 9.18 Å². The van der Waals surface area contributed by atoms with Crippen LogP contribution >= 0.6 is 24.0 Å². The fourth-order valence-corrected chi connectivity index (χ4v) is 1.84. The monoisotopic (exact) mass is 436 g/mol. The van der Waals surface area contributed by atoms with Gasteiger partial charge >= 0.3 is 0 Å². The van der Waals surface area contributed by atoms with Gasteiger partial charge < -0.3 is 16.0 Å². The fourth-order valence-electron chi connectivity index (χ4n) is 1.84. The highest BCUT2D eigenvalue weighted by Crippen LogP contribution is 2.08. The number of guanidine groups is 1. The topological polar surface area (TPSA) is 65.5 Å². The molecule has 1 amide bonds. The molecular formula is C16H26FIN4O. The van der Waals surface area contributed by atoms with Crippen molar-refractivity contribution in [2.24, 2.45) is 4.99 Å². The van der Waals surface area contributed by atoms with E-state index in [-0.39, 0.29) is 42.2 Å². The van der Waals surface area contributed by atoms with Crippen molar-refractivity contribution in [1.29, 1.82) is 0 Å². The second-order valence-electron chi connectivity index (χ2n) is 4.89. The molecule has 0 heterocycles. The normalized spacial score (nSPS) is 10.7. The van der Waals surface area contributed by atoms with Crippen LogP contribution in [0.2, 0.25) is 0 Å². The number of nitrogens with one attached hydrogen (secondary N) is 3. The van der Waals surface area contributed by atoms with Gasteiger partial charge in [-0.2, -0.15) is 0 Å².